The van der Waals surface area contributed by atoms with E-state index in [1.807, 2.05) is 0 Å². The second kappa shape index (κ2) is 14.0. The van der Waals surface area contributed by atoms with E-state index in [9.17, 15) is 0 Å². The molecule has 5 aliphatic rings. The van der Waals surface area contributed by atoms with E-state index < -0.39 is 0 Å². The van der Waals surface area contributed by atoms with Crippen LogP contribution < -0.4 is 26.2 Å². The van der Waals surface area contributed by atoms with E-state index in [1.54, 1.807) is 0 Å². The van der Waals surface area contributed by atoms with Gasteiger partial charge >= 0.3 is 0 Å². The predicted octanol–water partition coefficient (Wildman–Crippen LogP) is 15.4. The summed E-state index contributed by atoms with van der Waals surface area (Å²) in [7, 11) is 0. The Hall–Kier alpha value is -5.02. The van der Waals surface area contributed by atoms with Crippen molar-refractivity contribution in [3.63, 3.8) is 0 Å². The molecule has 2 heterocycles. The molecule has 0 saturated heterocycles. The van der Waals surface area contributed by atoms with E-state index in [1.165, 1.54) is 132 Å². The molecule has 6 aromatic rings. The Balaban J connectivity index is 1.26. The number of anilines is 6. The molecule has 3 heteroatoms. The maximum absolute atomic E-state index is 2.72. The molecule has 67 heavy (non-hydrogen) atoms. The van der Waals surface area contributed by atoms with Gasteiger partial charge in [0.2, 0.25) is 0 Å². The van der Waals surface area contributed by atoms with Gasteiger partial charge in [0.1, 0.15) is 0 Å². The van der Waals surface area contributed by atoms with Gasteiger partial charge in [0.15, 0.2) is 0 Å². The Morgan fingerprint density at radius 2 is 0.925 bits per heavy atom. The average molecular weight is 883 g/mol. The minimum Gasteiger partial charge on any atom is -0.311 e. The number of aryl methyl sites for hydroxylation is 2. The largest absolute Gasteiger partial charge is 0.311 e. The fourth-order valence-electron chi connectivity index (χ4n) is 14.2. The van der Waals surface area contributed by atoms with E-state index in [0.717, 1.165) is 6.42 Å². The average Bonchev–Trinajstić information content (AvgIpc) is 3.44. The number of rotatable bonds is 4. The minimum absolute atomic E-state index is 0.0406. The van der Waals surface area contributed by atoms with Crippen LogP contribution in [0.5, 0.6) is 0 Å². The number of nitrogens with zero attached hydrogens (tertiary/aromatic N) is 2. The van der Waals surface area contributed by atoms with Crippen LogP contribution in [0.4, 0.5) is 34.1 Å². The molecule has 3 aliphatic carbocycles. The maximum atomic E-state index is 2.72. The molecule has 0 fully saturated rings. The molecule has 0 aromatic heterocycles. The number of hydrogen-bond donors (Lipinski definition) is 0. The van der Waals surface area contributed by atoms with E-state index in [4.69, 9.17) is 0 Å². The Morgan fingerprint density at radius 3 is 1.55 bits per heavy atom. The van der Waals surface area contributed by atoms with Crippen molar-refractivity contribution >= 4 is 57.2 Å². The first-order valence-electron chi connectivity index (χ1n) is 25.7. The summed E-state index contributed by atoms with van der Waals surface area (Å²) in [6.07, 6.45) is 5.90. The van der Waals surface area contributed by atoms with Crippen LogP contribution in [0.15, 0.2) is 103 Å². The highest BCUT2D eigenvalue weighted by Crippen LogP contribution is 2.55. The van der Waals surface area contributed by atoms with Crippen LogP contribution >= 0.6 is 0 Å². The lowest BCUT2D eigenvalue weighted by molar-refractivity contribution is 0.332. The zero-order valence-electron chi connectivity index (χ0n) is 43.8. The highest BCUT2D eigenvalue weighted by Gasteiger charge is 2.49. The molecule has 0 spiro atoms. The van der Waals surface area contributed by atoms with E-state index >= 15 is 0 Å². The third kappa shape index (κ3) is 6.48. The fourth-order valence-corrected chi connectivity index (χ4v) is 14.2. The molecule has 344 valence electrons. The van der Waals surface area contributed by atoms with Crippen molar-refractivity contribution in [3.8, 4) is 0 Å². The van der Waals surface area contributed by atoms with Gasteiger partial charge in [-0.05, 0) is 193 Å². The molecule has 0 saturated carbocycles. The standard InChI is InChI=1S/C64H75BN2/c1-39-30-55-57-56(31-39)67(53-36-49-45(32-40(53)2)62(11,12)38-63(49,13)14)52-25-22-42(64(15,16)41-20-18-17-19-21-41)33-50(52)65(57)51-35-47-48(61(9,10)29-28-60(47,7)8)37-54(51)66(55)43-23-24-44-46(34-43)59(5,6)27-26-58(44,3)4/h17-25,30-37H,26-29,38H2,1-16H3. The summed E-state index contributed by atoms with van der Waals surface area (Å²) in [5.74, 6) is 0. The molecule has 2 aliphatic heterocycles. The minimum atomic E-state index is -0.203. The van der Waals surface area contributed by atoms with Crippen LogP contribution in [0, 0.1) is 13.8 Å². The van der Waals surface area contributed by atoms with Gasteiger partial charge in [-0.15, -0.1) is 0 Å². The molecule has 6 aromatic carbocycles. The molecule has 0 atom stereocenters. The first-order valence-corrected chi connectivity index (χ1v) is 25.7. The summed E-state index contributed by atoms with van der Waals surface area (Å²) in [6, 6.07) is 41.9. The number of hydrogen-bond acceptors (Lipinski definition) is 2. The Morgan fingerprint density at radius 1 is 0.418 bits per heavy atom. The van der Waals surface area contributed by atoms with Crippen molar-refractivity contribution < 1.29 is 0 Å². The summed E-state index contributed by atoms with van der Waals surface area (Å²) in [5.41, 5.74) is 26.8. The Labute approximate surface area is 404 Å². The van der Waals surface area contributed by atoms with Crippen molar-refractivity contribution in [2.45, 2.75) is 181 Å². The SMILES string of the molecule is Cc1cc2c3c(c1)N(c1cc4c(cc1C)C(C)(C)CC4(C)C)c1ccc(C(C)(C)c4ccccc4)cc1B3c1cc3c(cc1N2c1ccc2c(c1)C(C)(C)CCC2(C)C)C(C)(C)CCC3(C)C. The van der Waals surface area contributed by atoms with Gasteiger partial charge in [-0.25, -0.2) is 0 Å². The van der Waals surface area contributed by atoms with Crippen molar-refractivity contribution in [1.29, 1.82) is 0 Å². The lowest BCUT2D eigenvalue weighted by atomic mass is 9.33. The number of benzene rings is 6. The van der Waals surface area contributed by atoms with Gasteiger partial charge in [0, 0.05) is 39.5 Å². The Bertz CT molecular complexity index is 3060. The van der Waals surface area contributed by atoms with Crippen LogP contribution in [0.2, 0.25) is 0 Å². The van der Waals surface area contributed by atoms with Gasteiger partial charge in [0.05, 0.1) is 0 Å². The fraction of sp³-hybridized carbons (Fsp3) is 0.438. The molecule has 0 radical (unpaired) electrons. The summed E-state index contributed by atoms with van der Waals surface area (Å²) in [5, 5.41) is 0. The zero-order chi connectivity index (χ0) is 47.8. The number of fused-ring (bicyclic) bond motifs is 7. The quantitative estimate of drug-likeness (QED) is 0.163. The molecule has 11 rings (SSSR count). The third-order valence-electron chi connectivity index (χ3n) is 18.4. The lowest BCUT2D eigenvalue weighted by Gasteiger charge is -2.48. The second-order valence-corrected chi connectivity index (χ2v) is 26.4. The van der Waals surface area contributed by atoms with Crippen LogP contribution in [-0.4, -0.2) is 6.71 Å². The van der Waals surface area contributed by atoms with Crippen molar-refractivity contribution in [2.75, 3.05) is 9.80 Å². The second-order valence-electron chi connectivity index (χ2n) is 26.4. The van der Waals surface area contributed by atoms with Gasteiger partial charge in [-0.2, -0.15) is 0 Å². The molecular formula is C64H75BN2. The summed E-state index contributed by atoms with van der Waals surface area (Å²) in [6.45, 7) is 39.2. The van der Waals surface area contributed by atoms with Crippen molar-refractivity contribution in [1.82, 2.24) is 0 Å². The molecule has 0 N–H and O–H groups in total. The van der Waals surface area contributed by atoms with Crippen LogP contribution in [-0.2, 0) is 37.9 Å². The van der Waals surface area contributed by atoms with Crippen LogP contribution in [0.25, 0.3) is 0 Å². The van der Waals surface area contributed by atoms with E-state index in [0.29, 0.717) is 0 Å². The molecular weight excluding hydrogens is 808 g/mol. The first-order chi connectivity index (χ1) is 31.2. The monoisotopic (exact) mass is 883 g/mol. The summed E-state index contributed by atoms with van der Waals surface area (Å²) in [4.78, 5) is 5.41. The van der Waals surface area contributed by atoms with Crippen molar-refractivity contribution in [3.05, 3.63) is 159 Å². The maximum Gasteiger partial charge on any atom is 0.252 e. The van der Waals surface area contributed by atoms with E-state index in [-0.39, 0.29) is 44.6 Å². The molecule has 0 bridgehead atoms. The van der Waals surface area contributed by atoms with Gasteiger partial charge in [-0.3, -0.25) is 0 Å². The normalized spacial score (nSPS) is 20.6. The highest BCUT2D eigenvalue weighted by molar-refractivity contribution is 7.00. The van der Waals surface area contributed by atoms with E-state index in [2.05, 4.69) is 224 Å². The lowest BCUT2D eigenvalue weighted by Crippen LogP contribution is -2.62. The molecule has 2 nitrogen and oxygen atoms in total. The van der Waals surface area contributed by atoms with Gasteiger partial charge < -0.3 is 9.80 Å². The topological polar surface area (TPSA) is 6.48 Å². The Kier molecular flexibility index (Phi) is 9.33. The van der Waals surface area contributed by atoms with Crippen LogP contribution in [0.3, 0.4) is 0 Å². The zero-order valence-corrected chi connectivity index (χ0v) is 43.8. The van der Waals surface area contributed by atoms with Gasteiger partial charge in [0.25, 0.3) is 6.71 Å². The predicted molar refractivity (Wildman–Crippen MR) is 290 cm³/mol. The van der Waals surface area contributed by atoms with Crippen molar-refractivity contribution in [2.24, 2.45) is 0 Å². The summed E-state index contributed by atoms with van der Waals surface area (Å²) >= 11 is 0. The first kappa shape index (κ1) is 44.5. The molecule has 0 unspecified atom stereocenters. The molecule has 0 amide bonds. The van der Waals surface area contributed by atoms with Crippen LogP contribution in [0.1, 0.15) is 185 Å². The highest BCUT2D eigenvalue weighted by atomic mass is 15.2. The smallest absolute Gasteiger partial charge is 0.252 e. The van der Waals surface area contributed by atoms with Gasteiger partial charge in [-0.1, -0.05) is 158 Å². The summed E-state index contributed by atoms with van der Waals surface area (Å²) < 4.78 is 0. The third-order valence-corrected chi connectivity index (χ3v) is 18.4.